The lowest BCUT2D eigenvalue weighted by Crippen LogP contribution is -2.06. The first-order chi connectivity index (χ1) is 9.29. The third-order valence-electron chi connectivity index (χ3n) is 2.95. The highest BCUT2D eigenvalue weighted by atomic mass is 35.5. The van der Waals surface area contributed by atoms with E-state index >= 15 is 0 Å². The van der Waals surface area contributed by atoms with Crippen molar-refractivity contribution in [3.63, 3.8) is 0 Å². The Morgan fingerprint density at radius 3 is 2.55 bits per heavy atom. The molecule has 0 bridgehead atoms. The Labute approximate surface area is 122 Å². The minimum Gasteiger partial charge on any atom is -0.399 e. The summed E-state index contributed by atoms with van der Waals surface area (Å²) < 4.78 is 37.8. The zero-order valence-corrected chi connectivity index (χ0v) is 12.3. The monoisotopic (exact) mass is 313 g/mol. The second-order valence-corrected chi connectivity index (χ2v) is 6.91. The number of hydrogen-bond acceptors (Lipinski definition) is 3. The fraction of sp³-hybridized carbons (Fsp3) is 0.143. The molecular weight excluding hydrogens is 301 g/mol. The molecule has 2 aromatic rings. The molecule has 0 fully saturated rings. The normalized spacial score (nSPS) is 11.6. The fourth-order valence-corrected chi connectivity index (χ4v) is 3.49. The average Bonchev–Trinajstić information content (AvgIpc) is 2.36. The van der Waals surface area contributed by atoms with Gasteiger partial charge in [-0.15, -0.1) is 0 Å². The van der Waals surface area contributed by atoms with E-state index in [2.05, 4.69) is 0 Å². The molecule has 6 heteroatoms. The SMILES string of the molecule is Cc1cc(S(=O)(=O)Cc2cc(F)ccc2Cl)ccc1N. The Morgan fingerprint density at radius 2 is 1.90 bits per heavy atom. The lowest BCUT2D eigenvalue weighted by atomic mass is 10.2. The maximum atomic E-state index is 13.2. The van der Waals surface area contributed by atoms with Gasteiger partial charge in [-0.1, -0.05) is 11.6 Å². The van der Waals surface area contributed by atoms with Crippen molar-refractivity contribution in [2.45, 2.75) is 17.6 Å². The van der Waals surface area contributed by atoms with Gasteiger partial charge in [0.2, 0.25) is 0 Å². The molecule has 0 amide bonds. The predicted octanol–water partition coefficient (Wildman–Crippen LogP) is 3.34. The Balaban J connectivity index is 2.40. The Kier molecular flexibility index (Phi) is 4.01. The summed E-state index contributed by atoms with van der Waals surface area (Å²) in [6, 6.07) is 8.13. The number of hydrogen-bond donors (Lipinski definition) is 1. The summed E-state index contributed by atoms with van der Waals surface area (Å²) in [6.45, 7) is 1.73. The molecule has 106 valence electrons. The number of anilines is 1. The lowest BCUT2D eigenvalue weighted by Gasteiger charge is -2.08. The molecule has 0 aliphatic heterocycles. The van der Waals surface area contributed by atoms with Gasteiger partial charge in [0.25, 0.3) is 0 Å². The van der Waals surface area contributed by atoms with Gasteiger partial charge in [-0.05, 0) is 54.4 Å². The van der Waals surface area contributed by atoms with E-state index in [9.17, 15) is 12.8 Å². The molecule has 0 saturated carbocycles. The molecule has 2 aromatic carbocycles. The molecule has 3 nitrogen and oxygen atoms in total. The van der Waals surface area contributed by atoms with Crippen molar-refractivity contribution in [2.24, 2.45) is 0 Å². The molecule has 0 radical (unpaired) electrons. The smallest absolute Gasteiger partial charge is 0.182 e. The third-order valence-corrected chi connectivity index (χ3v) is 4.99. The second-order valence-electron chi connectivity index (χ2n) is 4.51. The average molecular weight is 314 g/mol. The molecule has 2 N–H and O–H groups in total. The van der Waals surface area contributed by atoms with Crippen LogP contribution in [-0.2, 0) is 15.6 Å². The lowest BCUT2D eigenvalue weighted by molar-refractivity contribution is 0.594. The molecule has 20 heavy (non-hydrogen) atoms. The zero-order valence-electron chi connectivity index (χ0n) is 10.7. The van der Waals surface area contributed by atoms with Crippen LogP contribution < -0.4 is 5.73 Å². The summed E-state index contributed by atoms with van der Waals surface area (Å²) in [5, 5.41) is 0.224. The molecule has 0 aromatic heterocycles. The molecule has 0 aliphatic rings. The maximum absolute atomic E-state index is 13.2. The molecule has 2 rings (SSSR count). The van der Waals surface area contributed by atoms with E-state index in [1.807, 2.05) is 0 Å². The molecule has 0 spiro atoms. The van der Waals surface area contributed by atoms with Crippen LogP contribution >= 0.6 is 11.6 Å². The number of nitrogen functional groups attached to an aromatic ring is 1. The van der Waals surface area contributed by atoms with Crippen LogP contribution in [0.4, 0.5) is 10.1 Å². The molecular formula is C14H13ClFNO2S. The van der Waals surface area contributed by atoms with Gasteiger partial charge in [-0.3, -0.25) is 0 Å². The van der Waals surface area contributed by atoms with Crippen molar-refractivity contribution >= 4 is 27.1 Å². The third kappa shape index (κ3) is 3.11. The summed E-state index contributed by atoms with van der Waals surface area (Å²) in [4.78, 5) is 0.143. The molecule has 0 aliphatic carbocycles. The zero-order chi connectivity index (χ0) is 14.9. The summed E-state index contributed by atoms with van der Waals surface area (Å²) in [5.41, 5.74) is 7.10. The van der Waals surface area contributed by atoms with E-state index in [4.69, 9.17) is 17.3 Å². The first kappa shape index (κ1) is 14.8. The molecule has 0 heterocycles. The Hall–Kier alpha value is -1.59. The summed E-state index contributed by atoms with van der Waals surface area (Å²) in [7, 11) is -3.60. The number of aryl methyl sites for hydroxylation is 1. The van der Waals surface area contributed by atoms with E-state index in [1.54, 1.807) is 6.92 Å². The van der Waals surface area contributed by atoms with E-state index in [1.165, 1.54) is 30.3 Å². The van der Waals surface area contributed by atoms with Crippen LogP contribution in [0.1, 0.15) is 11.1 Å². The Bertz CT molecular complexity index is 760. The minimum atomic E-state index is -3.60. The minimum absolute atomic E-state index is 0.143. The largest absolute Gasteiger partial charge is 0.399 e. The van der Waals surface area contributed by atoms with Crippen molar-refractivity contribution in [1.29, 1.82) is 0 Å². The van der Waals surface area contributed by atoms with E-state index in [-0.39, 0.29) is 21.2 Å². The van der Waals surface area contributed by atoms with Gasteiger partial charge in [0, 0.05) is 10.7 Å². The fourth-order valence-electron chi connectivity index (χ4n) is 1.78. The van der Waals surface area contributed by atoms with Gasteiger partial charge in [0.1, 0.15) is 5.82 Å². The predicted molar refractivity (Wildman–Crippen MR) is 77.9 cm³/mol. The number of rotatable bonds is 3. The van der Waals surface area contributed by atoms with Crippen LogP contribution in [0.25, 0.3) is 0 Å². The van der Waals surface area contributed by atoms with Crippen molar-refractivity contribution in [3.8, 4) is 0 Å². The molecule has 0 saturated heterocycles. The van der Waals surface area contributed by atoms with Gasteiger partial charge < -0.3 is 5.73 Å². The topological polar surface area (TPSA) is 60.2 Å². The van der Waals surface area contributed by atoms with Gasteiger partial charge in [-0.2, -0.15) is 0 Å². The van der Waals surface area contributed by atoms with Crippen molar-refractivity contribution < 1.29 is 12.8 Å². The first-order valence-electron chi connectivity index (χ1n) is 5.82. The van der Waals surface area contributed by atoms with E-state index < -0.39 is 15.7 Å². The number of benzene rings is 2. The van der Waals surface area contributed by atoms with E-state index in [0.29, 0.717) is 11.3 Å². The molecule has 0 atom stereocenters. The van der Waals surface area contributed by atoms with Gasteiger partial charge in [-0.25, -0.2) is 12.8 Å². The van der Waals surface area contributed by atoms with Crippen molar-refractivity contribution in [2.75, 3.05) is 5.73 Å². The van der Waals surface area contributed by atoms with E-state index in [0.717, 1.165) is 6.07 Å². The van der Waals surface area contributed by atoms with Gasteiger partial charge in [0.05, 0.1) is 10.6 Å². The number of nitrogens with two attached hydrogens (primary N) is 1. The summed E-state index contributed by atoms with van der Waals surface area (Å²) >= 11 is 5.90. The quantitative estimate of drug-likeness (QED) is 0.884. The maximum Gasteiger partial charge on any atom is 0.182 e. The van der Waals surface area contributed by atoms with Crippen LogP contribution in [0.3, 0.4) is 0 Å². The van der Waals surface area contributed by atoms with Crippen molar-refractivity contribution in [1.82, 2.24) is 0 Å². The van der Waals surface area contributed by atoms with Crippen molar-refractivity contribution in [3.05, 3.63) is 58.4 Å². The highest BCUT2D eigenvalue weighted by Crippen LogP contribution is 2.24. The highest BCUT2D eigenvalue weighted by molar-refractivity contribution is 7.90. The van der Waals surface area contributed by atoms with Crippen LogP contribution in [0.15, 0.2) is 41.3 Å². The highest BCUT2D eigenvalue weighted by Gasteiger charge is 2.18. The molecule has 0 unspecified atom stereocenters. The number of sulfone groups is 1. The second kappa shape index (κ2) is 5.42. The summed E-state index contributed by atoms with van der Waals surface area (Å²) in [5.74, 6) is -0.875. The number of halogens is 2. The standard InChI is InChI=1S/C14H13ClFNO2S/c1-9-6-12(3-5-14(9)17)20(18,19)8-10-7-11(16)2-4-13(10)15/h2-7H,8,17H2,1H3. The van der Waals surface area contributed by atoms with Crippen LogP contribution in [-0.4, -0.2) is 8.42 Å². The van der Waals surface area contributed by atoms with Gasteiger partial charge in [0.15, 0.2) is 9.84 Å². The first-order valence-corrected chi connectivity index (χ1v) is 7.85. The van der Waals surface area contributed by atoms with Crippen LogP contribution in [0.2, 0.25) is 5.02 Å². The van der Waals surface area contributed by atoms with Gasteiger partial charge >= 0.3 is 0 Å². The van der Waals surface area contributed by atoms with Crippen LogP contribution in [0, 0.1) is 12.7 Å². The van der Waals surface area contributed by atoms with Crippen LogP contribution in [0.5, 0.6) is 0 Å². The Morgan fingerprint density at radius 1 is 1.20 bits per heavy atom. The summed E-state index contributed by atoms with van der Waals surface area (Å²) in [6.07, 6.45) is 0.